The molecule has 1 fully saturated rings. The molecule has 90 valence electrons. The molecule has 1 aromatic rings. The third-order valence-electron chi connectivity index (χ3n) is 3.75. The van der Waals surface area contributed by atoms with Crippen LogP contribution < -0.4 is 4.90 Å². The summed E-state index contributed by atoms with van der Waals surface area (Å²) in [5.41, 5.74) is 2.66. The Morgan fingerprint density at radius 3 is 2.76 bits per heavy atom. The zero-order valence-corrected chi connectivity index (χ0v) is 10.9. The number of hydrogen-bond acceptors (Lipinski definition) is 2. The first-order chi connectivity index (χ1) is 8.03. The van der Waals surface area contributed by atoms with Gasteiger partial charge in [-0.3, -0.25) is 0 Å². The minimum atomic E-state index is 0.0801. The Bertz CT molecular complexity index is 442. The lowest BCUT2D eigenvalue weighted by atomic mass is 9.74. The van der Waals surface area contributed by atoms with Gasteiger partial charge in [0.1, 0.15) is 0 Å². The number of aryl methyl sites for hydroxylation is 1. The number of piperidine rings is 1. The van der Waals surface area contributed by atoms with Crippen molar-refractivity contribution in [2.45, 2.75) is 27.2 Å². The van der Waals surface area contributed by atoms with E-state index in [4.69, 9.17) is 5.26 Å². The topological polar surface area (TPSA) is 27.0 Å². The lowest BCUT2D eigenvalue weighted by molar-refractivity contribution is 0.226. The molecule has 2 heteroatoms. The Labute approximate surface area is 104 Å². The van der Waals surface area contributed by atoms with Gasteiger partial charge in [-0.1, -0.05) is 26.0 Å². The molecule has 0 spiro atoms. The first-order valence-corrected chi connectivity index (χ1v) is 6.24. The van der Waals surface area contributed by atoms with Crippen LogP contribution in [-0.2, 0) is 0 Å². The van der Waals surface area contributed by atoms with Crippen molar-refractivity contribution in [3.05, 3.63) is 29.8 Å². The summed E-state index contributed by atoms with van der Waals surface area (Å²) in [6.45, 7) is 8.47. The smallest absolute Gasteiger partial charge is 0.0662 e. The summed E-state index contributed by atoms with van der Waals surface area (Å²) in [6, 6.07) is 11.1. The van der Waals surface area contributed by atoms with Gasteiger partial charge in [-0.05, 0) is 36.5 Å². The number of rotatable bonds is 1. The van der Waals surface area contributed by atoms with Crippen molar-refractivity contribution in [3.63, 3.8) is 0 Å². The summed E-state index contributed by atoms with van der Waals surface area (Å²) >= 11 is 0. The highest BCUT2D eigenvalue weighted by Gasteiger charge is 2.35. The van der Waals surface area contributed by atoms with Crippen LogP contribution in [0.2, 0.25) is 0 Å². The second-order valence-corrected chi connectivity index (χ2v) is 5.72. The predicted molar refractivity (Wildman–Crippen MR) is 70.9 cm³/mol. The van der Waals surface area contributed by atoms with E-state index in [1.807, 2.05) is 0 Å². The van der Waals surface area contributed by atoms with Crippen LogP contribution in [0.25, 0.3) is 0 Å². The fraction of sp³-hybridized carbons (Fsp3) is 0.533. The maximum absolute atomic E-state index is 9.16. The van der Waals surface area contributed by atoms with Gasteiger partial charge in [0.15, 0.2) is 0 Å². The fourth-order valence-electron chi connectivity index (χ4n) is 2.64. The molecule has 0 aliphatic carbocycles. The van der Waals surface area contributed by atoms with E-state index < -0.39 is 0 Å². The molecule has 1 saturated heterocycles. The number of nitrogens with zero attached hydrogens (tertiary/aromatic N) is 2. The third kappa shape index (κ3) is 2.44. The average Bonchev–Trinajstić information content (AvgIpc) is 2.27. The van der Waals surface area contributed by atoms with Crippen molar-refractivity contribution in [2.24, 2.45) is 11.3 Å². The molecule has 2 rings (SSSR count). The number of nitriles is 1. The Balaban J connectivity index is 2.19. The molecule has 1 aromatic carbocycles. The molecule has 2 nitrogen and oxygen atoms in total. The maximum Gasteiger partial charge on any atom is 0.0662 e. The zero-order valence-electron chi connectivity index (χ0n) is 10.9. The van der Waals surface area contributed by atoms with Crippen LogP contribution in [-0.4, -0.2) is 13.1 Å². The predicted octanol–water partition coefficient (Wildman–Crippen LogP) is 3.37. The van der Waals surface area contributed by atoms with Crippen molar-refractivity contribution in [1.29, 1.82) is 5.26 Å². The summed E-state index contributed by atoms with van der Waals surface area (Å²) in [5, 5.41) is 9.16. The molecular weight excluding hydrogens is 208 g/mol. The van der Waals surface area contributed by atoms with E-state index in [0.29, 0.717) is 0 Å². The highest BCUT2D eigenvalue weighted by atomic mass is 15.1. The summed E-state index contributed by atoms with van der Waals surface area (Å²) in [5.74, 6) is 0.184. The first kappa shape index (κ1) is 12.0. The average molecular weight is 228 g/mol. The molecule has 0 saturated carbocycles. The first-order valence-electron chi connectivity index (χ1n) is 6.24. The quantitative estimate of drug-likeness (QED) is 0.737. The van der Waals surface area contributed by atoms with Gasteiger partial charge in [0.05, 0.1) is 12.0 Å². The van der Waals surface area contributed by atoms with Crippen LogP contribution in [0.3, 0.4) is 0 Å². The lowest BCUT2D eigenvalue weighted by Crippen LogP contribution is -2.45. The minimum absolute atomic E-state index is 0.0801. The molecule has 1 atom stereocenters. The summed E-state index contributed by atoms with van der Waals surface area (Å²) in [7, 11) is 0. The Hall–Kier alpha value is -1.49. The molecule has 1 aliphatic rings. The third-order valence-corrected chi connectivity index (χ3v) is 3.75. The minimum Gasteiger partial charge on any atom is -0.371 e. The van der Waals surface area contributed by atoms with E-state index in [1.165, 1.54) is 11.3 Å². The number of anilines is 1. The van der Waals surface area contributed by atoms with Gasteiger partial charge in [0.2, 0.25) is 0 Å². The normalized spacial score (nSPS) is 23.2. The summed E-state index contributed by atoms with van der Waals surface area (Å²) in [6.07, 6.45) is 0.970. The zero-order chi connectivity index (χ0) is 12.5. The Morgan fingerprint density at radius 1 is 1.41 bits per heavy atom. The van der Waals surface area contributed by atoms with Gasteiger partial charge in [0, 0.05) is 18.8 Å². The molecular formula is C15H20N2. The highest BCUT2D eigenvalue weighted by molar-refractivity contribution is 5.49. The molecule has 1 aliphatic heterocycles. The van der Waals surface area contributed by atoms with Crippen LogP contribution in [0.1, 0.15) is 25.8 Å². The van der Waals surface area contributed by atoms with E-state index >= 15 is 0 Å². The standard InChI is InChI=1S/C15H20N2/c1-12-5-4-6-14(9-12)17-8-7-13(10-16)15(2,3)11-17/h4-6,9,13H,7-8,11H2,1-3H3. The molecule has 0 amide bonds. The van der Waals surface area contributed by atoms with E-state index in [0.717, 1.165) is 19.5 Å². The molecule has 0 bridgehead atoms. The monoisotopic (exact) mass is 228 g/mol. The summed E-state index contributed by atoms with van der Waals surface area (Å²) < 4.78 is 0. The largest absolute Gasteiger partial charge is 0.371 e. The van der Waals surface area contributed by atoms with Gasteiger partial charge in [-0.2, -0.15) is 5.26 Å². The second kappa shape index (κ2) is 4.41. The number of hydrogen-bond donors (Lipinski definition) is 0. The Morgan fingerprint density at radius 2 is 2.18 bits per heavy atom. The van der Waals surface area contributed by atoms with E-state index in [-0.39, 0.29) is 11.3 Å². The van der Waals surface area contributed by atoms with Gasteiger partial charge >= 0.3 is 0 Å². The molecule has 1 heterocycles. The van der Waals surface area contributed by atoms with Gasteiger partial charge in [-0.15, -0.1) is 0 Å². The van der Waals surface area contributed by atoms with Crippen LogP contribution >= 0.6 is 0 Å². The van der Waals surface area contributed by atoms with Crippen LogP contribution in [0, 0.1) is 29.6 Å². The Kier molecular flexibility index (Phi) is 3.11. The fourth-order valence-corrected chi connectivity index (χ4v) is 2.64. The van der Waals surface area contributed by atoms with Crippen molar-refractivity contribution in [3.8, 4) is 6.07 Å². The second-order valence-electron chi connectivity index (χ2n) is 5.72. The number of benzene rings is 1. The van der Waals surface area contributed by atoms with Crippen molar-refractivity contribution in [2.75, 3.05) is 18.0 Å². The molecule has 0 N–H and O–H groups in total. The molecule has 17 heavy (non-hydrogen) atoms. The van der Waals surface area contributed by atoms with Crippen molar-refractivity contribution < 1.29 is 0 Å². The van der Waals surface area contributed by atoms with Gasteiger partial charge in [-0.25, -0.2) is 0 Å². The maximum atomic E-state index is 9.16. The molecule has 0 aromatic heterocycles. The lowest BCUT2D eigenvalue weighted by Gasteiger charge is -2.42. The van der Waals surface area contributed by atoms with Crippen LogP contribution in [0.15, 0.2) is 24.3 Å². The SMILES string of the molecule is Cc1cccc(N2CCC(C#N)C(C)(C)C2)c1. The van der Waals surface area contributed by atoms with Gasteiger partial charge < -0.3 is 4.90 Å². The van der Waals surface area contributed by atoms with E-state index in [9.17, 15) is 0 Å². The van der Waals surface area contributed by atoms with E-state index in [2.05, 4.69) is 56.0 Å². The van der Waals surface area contributed by atoms with Crippen LogP contribution in [0.4, 0.5) is 5.69 Å². The molecule has 0 radical (unpaired) electrons. The highest BCUT2D eigenvalue weighted by Crippen LogP contribution is 2.36. The summed E-state index contributed by atoms with van der Waals surface area (Å²) in [4.78, 5) is 2.40. The van der Waals surface area contributed by atoms with Crippen molar-refractivity contribution in [1.82, 2.24) is 0 Å². The van der Waals surface area contributed by atoms with E-state index in [1.54, 1.807) is 0 Å². The molecule has 1 unspecified atom stereocenters. The van der Waals surface area contributed by atoms with Crippen molar-refractivity contribution >= 4 is 5.69 Å². The van der Waals surface area contributed by atoms with Gasteiger partial charge in [0.25, 0.3) is 0 Å². The van der Waals surface area contributed by atoms with Crippen LogP contribution in [0.5, 0.6) is 0 Å².